The highest BCUT2D eigenvalue weighted by molar-refractivity contribution is 9.10. The lowest BCUT2D eigenvalue weighted by atomic mass is 10.1. The molecule has 1 nitrogen and oxygen atoms in total. The molecule has 0 bridgehead atoms. The molecule has 3 heteroatoms. The number of carbonyl (C=O) groups is 1. The van der Waals surface area contributed by atoms with Gasteiger partial charge in [-0.1, -0.05) is 45.2 Å². The number of Topliss-reactive ketones (excluding diaryl/α,β-unsaturated/α-hetero) is 1. The highest BCUT2D eigenvalue weighted by atomic mass is 79.9. The summed E-state index contributed by atoms with van der Waals surface area (Å²) in [4.78, 5) is 10.9. The van der Waals surface area contributed by atoms with Gasteiger partial charge in [-0.2, -0.15) is 0 Å². The lowest BCUT2D eigenvalue weighted by Crippen LogP contribution is -2.12. The first-order chi connectivity index (χ1) is 6.50. The average Bonchev–Trinajstić information content (AvgIpc) is 2.11. The van der Waals surface area contributed by atoms with Crippen LogP contribution in [-0.4, -0.2) is 10.6 Å². The van der Waals surface area contributed by atoms with Crippen LogP contribution in [0.5, 0.6) is 0 Å². The Bertz CT molecular complexity index is 349. The van der Waals surface area contributed by atoms with Gasteiger partial charge in [-0.3, -0.25) is 4.79 Å². The van der Waals surface area contributed by atoms with Gasteiger partial charge in [0.05, 0.1) is 4.83 Å². The number of benzene rings is 1. The van der Waals surface area contributed by atoms with E-state index >= 15 is 0 Å². The molecule has 1 atom stereocenters. The number of hydrogen-bond acceptors (Lipinski definition) is 1. The van der Waals surface area contributed by atoms with Crippen LogP contribution in [-0.2, 0) is 11.2 Å². The number of aryl methyl sites for hydroxylation is 1. The van der Waals surface area contributed by atoms with Gasteiger partial charge in [0, 0.05) is 5.02 Å². The Morgan fingerprint density at radius 2 is 2.21 bits per heavy atom. The zero-order valence-corrected chi connectivity index (χ0v) is 10.5. The first-order valence-corrected chi connectivity index (χ1v) is 5.69. The molecule has 1 aromatic carbocycles. The monoisotopic (exact) mass is 274 g/mol. The minimum atomic E-state index is -0.137. The SMILES string of the molecule is CC(=O)C(Br)Cc1cc(C)ccc1Cl. The van der Waals surface area contributed by atoms with E-state index in [9.17, 15) is 4.79 Å². The fraction of sp³-hybridized carbons (Fsp3) is 0.364. The standard InChI is InChI=1S/C11H12BrClO/c1-7-3-4-11(13)9(5-7)6-10(12)8(2)14/h3-5,10H,6H2,1-2H3. The number of alkyl halides is 1. The summed E-state index contributed by atoms with van der Waals surface area (Å²) in [6.07, 6.45) is 0.649. The minimum Gasteiger partial charge on any atom is -0.299 e. The summed E-state index contributed by atoms with van der Waals surface area (Å²) >= 11 is 9.34. The smallest absolute Gasteiger partial charge is 0.143 e. The third-order valence-electron chi connectivity index (χ3n) is 2.04. The van der Waals surface area contributed by atoms with Crippen molar-refractivity contribution in [3.05, 3.63) is 34.3 Å². The van der Waals surface area contributed by atoms with Crippen LogP contribution in [0.15, 0.2) is 18.2 Å². The molecule has 0 aliphatic rings. The largest absolute Gasteiger partial charge is 0.299 e. The quantitative estimate of drug-likeness (QED) is 0.771. The van der Waals surface area contributed by atoms with E-state index in [1.165, 1.54) is 0 Å². The molecule has 0 radical (unpaired) electrons. The molecule has 0 heterocycles. The van der Waals surface area contributed by atoms with Crippen LogP contribution in [0.3, 0.4) is 0 Å². The van der Waals surface area contributed by atoms with Crippen molar-refractivity contribution in [1.29, 1.82) is 0 Å². The first kappa shape index (κ1) is 11.7. The van der Waals surface area contributed by atoms with E-state index < -0.39 is 0 Å². The maximum atomic E-state index is 11.1. The second kappa shape index (κ2) is 4.94. The lowest BCUT2D eigenvalue weighted by molar-refractivity contribution is -0.116. The van der Waals surface area contributed by atoms with Gasteiger partial charge in [0.25, 0.3) is 0 Å². The van der Waals surface area contributed by atoms with E-state index in [4.69, 9.17) is 11.6 Å². The summed E-state index contributed by atoms with van der Waals surface area (Å²) in [5.74, 6) is 0.127. The van der Waals surface area contributed by atoms with Crippen molar-refractivity contribution < 1.29 is 4.79 Å². The Kier molecular flexibility index (Phi) is 4.14. The van der Waals surface area contributed by atoms with Crippen molar-refractivity contribution in [2.45, 2.75) is 25.1 Å². The number of halogens is 2. The number of ketones is 1. The zero-order valence-electron chi connectivity index (χ0n) is 8.18. The molecule has 1 aromatic rings. The van der Waals surface area contributed by atoms with Crippen LogP contribution in [0.1, 0.15) is 18.1 Å². The molecule has 0 saturated heterocycles. The fourth-order valence-corrected chi connectivity index (χ4v) is 1.74. The summed E-state index contributed by atoms with van der Waals surface area (Å²) in [6, 6.07) is 5.84. The molecule has 76 valence electrons. The molecular formula is C11H12BrClO. The van der Waals surface area contributed by atoms with Crippen LogP contribution in [0, 0.1) is 6.92 Å². The Labute approximate surface area is 97.6 Å². The Balaban J connectivity index is 2.85. The van der Waals surface area contributed by atoms with Gasteiger partial charge in [0.1, 0.15) is 5.78 Å². The normalized spacial score (nSPS) is 12.6. The van der Waals surface area contributed by atoms with Crippen molar-refractivity contribution in [2.24, 2.45) is 0 Å². The Morgan fingerprint density at radius 3 is 2.79 bits per heavy atom. The van der Waals surface area contributed by atoms with Crippen molar-refractivity contribution in [2.75, 3.05) is 0 Å². The summed E-state index contributed by atoms with van der Waals surface area (Å²) < 4.78 is 0. The van der Waals surface area contributed by atoms with Gasteiger partial charge in [-0.15, -0.1) is 0 Å². The highest BCUT2D eigenvalue weighted by Crippen LogP contribution is 2.21. The van der Waals surface area contributed by atoms with Gasteiger partial charge in [-0.25, -0.2) is 0 Å². The predicted octanol–water partition coefficient (Wildman–Crippen LogP) is 3.54. The number of rotatable bonds is 3. The molecule has 14 heavy (non-hydrogen) atoms. The molecule has 0 saturated carbocycles. The van der Waals surface area contributed by atoms with Gasteiger partial charge < -0.3 is 0 Å². The molecule has 1 rings (SSSR count). The maximum Gasteiger partial charge on any atom is 0.143 e. The lowest BCUT2D eigenvalue weighted by Gasteiger charge is -2.08. The molecule has 0 aliphatic carbocycles. The van der Waals surface area contributed by atoms with Gasteiger partial charge in [0.15, 0.2) is 0 Å². The van der Waals surface area contributed by atoms with Crippen LogP contribution in [0.4, 0.5) is 0 Å². The summed E-state index contributed by atoms with van der Waals surface area (Å²) in [7, 11) is 0. The highest BCUT2D eigenvalue weighted by Gasteiger charge is 2.12. The van der Waals surface area contributed by atoms with Gasteiger partial charge in [-0.05, 0) is 31.9 Å². The third kappa shape index (κ3) is 3.10. The van der Waals surface area contributed by atoms with E-state index in [1.807, 2.05) is 25.1 Å². The molecular weight excluding hydrogens is 263 g/mol. The third-order valence-corrected chi connectivity index (χ3v) is 3.38. The Hall–Kier alpha value is -0.340. The first-order valence-electron chi connectivity index (χ1n) is 4.40. The predicted molar refractivity (Wildman–Crippen MR) is 63.3 cm³/mol. The van der Waals surface area contributed by atoms with Crippen molar-refractivity contribution in [3.63, 3.8) is 0 Å². The van der Waals surface area contributed by atoms with Crippen LogP contribution in [0.2, 0.25) is 5.02 Å². The topological polar surface area (TPSA) is 17.1 Å². The van der Waals surface area contributed by atoms with Gasteiger partial charge in [0.2, 0.25) is 0 Å². The minimum absolute atomic E-state index is 0.127. The average molecular weight is 276 g/mol. The second-order valence-electron chi connectivity index (χ2n) is 3.38. The number of hydrogen-bond donors (Lipinski definition) is 0. The fourth-order valence-electron chi connectivity index (χ4n) is 1.20. The molecule has 0 amide bonds. The van der Waals surface area contributed by atoms with Crippen LogP contribution < -0.4 is 0 Å². The Morgan fingerprint density at radius 1 is 1.57 bits per heavy atom. The van der Waals surface area contributed by atoms with Crippen molar-refractivity contribution in [3.8, 4) is 0 Å². The molecule has 0 fully saturated rings. The molecule has 1 unspecified atom stereocenters. The van der Waals surface area contributed by atoms with E-state index in [0.29, 0.717) is 6.42 Å². The van der Waals surface area contributed by atoms with Crippen molar-refractivity contribution >= 4 is 33.3 Å². The number of carbonyl (C=O) groups excluding carboxylic acids is 1. The summed E-state index contributed by atoms with van der Waals surface area (Å²) in [6.45, 7) is 3.58. The molecule has 0 aromatic heterocycles. The van der Waals surface area contributed by atoms with Gasteiger partial charge >= 0.3 is 0 Å². The molecule has 0 spiro atoms. The van der Waals surface area contributed by atoms with E-state index in [-0.39, 0.29) is 10.6 Å². The van der Waals surface area contributed by atoms with Crippen LogP contribution >= 0.6 is 27.5 Å². The molecule has 0 aliphatic heterocycles. The summed E-state index contributed by atoms with van der Waals surface area (Å²) in [5, 5.41) is 0.723. The second-order valence-corrected chi connectivity index (χ2v) is 4.89. The van der Waals surface area contributed by atoms with E-state index in [2.05, 4.69) is 15.9 Å². The van der Waals surface area contributed by atoms with E-state index in [1.54, 1.807) is 6.92 Å². The zero-order chi connectivity index (χ0) is 10.7. The maximum absolute atomic E-state index is 11.1. The van der Waals surface area contributed by atoms with E-state index in [0.717, 1.165) is 16.1 Å². The van der Waals surface area contributed by atoms with Crippen molar-refractivity contribution in [1.82, 2.24) is 0 Å². The molecule has 0 N–H and O–H groups in total. The summed E-state index contributed by atoms with van der Waals surface area (Å²) in [5.41, 5.74) is 2.18. The van der Waals surface area contributed by atoms with Crippen LogP contribution in [0.25, 0.3) is 0 Å².